The van der Waals surface area contributed by atoms with E-state index < -0.39 is 12.1 Å². The van der Waals surface area contributed by atoms with Crippen molar-refractivity contribution in [2.75, 3.05) is 6.54 Å². The van der Waals surface area contributed by atoms with Crippen LogP contribution in [-0.2, 0) is 16.1 Å². The van der Waals surface area contributed by atoms with Gasteiger partial charge in [0.15, 0.2) is 0 Å². The average Bonchev–Trinajstić information content (AvgIpc) is 2.52. The molecule has 1 amide bonds. The minimum atomic E-state index is -0.811. The van der Waals surface area contributed by atoms with Crippen LogP contribution in [0.4, 0.5) is 4.79 Å². The van der Waals surface area contributed by atoms with E-state index in [-0.39, 0.29) is 13.0 Å². The minimum absolute atomic E-state index is 0.0782. The Kier molecular flexibility index (Phi) is 9.17. The van der Waals surface area contributed by atoms with Crippen molar-refractivity contribution in [3.63, 3.8) is 0 Å². The predicted molar refractivity (Wildman–Crippen MR) is 84.5 cm³/mol. The van der Waals surface area contributed by atoms with Gasteiger partial charge in [0.25, 0.3) is 0 Å². The molecule has 120 valence electrons. The van der Waals surface area contributed by atoms with E-state index in [0.717, 1.165) is 31.2 Å². The summed E-state index contributed by atoms with van der Waals surface area (Å²) < 4.78 is 5.09. The highest BCUT2D eigenvalue weighted by molar-refractivity contribution is 5.68. The molecule has 5 heteroatoms. The third kappa shape index (κ3) is 9.58. The molecule has 0 fully saturated rings. The van der Waals surface area contributed by atoms with Crippen molar-refractivity contribution in [3.05, 3.63) is 48.0 Å². The van der Waals surface area contributed by atoms with Gasteiger partial charge in [-0.3, -0.25) is 4.79 Å². The number of aliphatic carboxylic acids is 1. The number of benzene rings is 1. The Labute approximate surface area is 131 Å². The van der Waals surface area contributed by atoms with E-state index in [9.17, 15) is 9.59 Å². The summed E-state index contributed by atoms with van der Waals surface area (Å²) in [5, 5.41) is 11.2. The molecule has 0 aliphatic heterocycles. The molecular formula is C17H23NO4. The number of unbranched alkanes of at least 4 members (excludes halogenated alkanes) is 3. The fourth-order valence-electron chi connectivity index (χ4n) is 1.83. The zero-order valence-electron chi connectivity index (χ0n) is 12.7. The maximum Gasteiger partial charge on any atom is 0.407 e. The van der Waals surface area contributed by atoms with Crippen LogP contribution in [0.25, 0.3) is 0 Å². The molecule has 0 bridgehead atoms. The zero-order chi connectivity index (χ0) is 16.0. The fourth-order valence-corrected chi connectivity index (χ4v) is 1.83. The molecule has 2 N–H and O–H groups in total. The maximum absolute atomic E-state index is 11.5. The van der Waals surface area contributed by atoms with Crippen molar-refractivity contribution >= 4 is 12.1 Å². The summed E-state index contributed by atoms with van der Waals surface area (Å²) in [6.07, 6.45) is 6.95. The molecule has 0 spiro atoms. The van der Waals surface area contributed by atoms with Gasteiger partial charge >= 0.3 is 12.1 Å². The van der Waals surface area contributed by atoms with Crippen LogP contribution in [0.5, 0.6) is 0 Å². The van der Waals surface area contributed by atoms with Crippen LogP contribution in [0.2, 0.25) is 0 Å². The summed E-state index contributed by atoms with van der Waals surface area (Å²) in [4.78, 5) is 21.7. The lowest BCUT2D eigenvalue weighted by molar-refractivity contribution is -0.136. The summed E-state index contributed by atoms with van der Waals surface area (Å²) in [6.45, 7) is 0.869. The number of carboxylic acids is 1. The highest BCUT2D eigenvalue weighted by Crippen LogP contribution is 2.02. The normalized spacial score (nSPS) is 10.5. The van der Waals surface area contributed by atoms with Gasteiger partial charge in [-0.2, -0.15) is 0 Å². The van der Waals surface area contributed by atoms with Gasteiger partial charge < -0.3 is 15.2 Å². The predicted octanol–water partition coefficient (Wildman–Crippen LogP) is 3.50. The number of carboxylic acid groups (broad SMARTS) is 1. The van der Waals surface area contributed by atoms with Crippen molar-refractivity contribution in [2.24, 2.45) is 0 Å². The second-order valence-electron chi connectivity index (χ2n) is 4.91. The highest BCUT2D eigenvalue weighted by atomic mass is 16.5. The van der Waals surface area contributed by atoms with Gasteiger partial charge in [-0.1, -0.05) is 48.9 Å². The quantitative estimate of drug-likeness (QED) is 0.512. The molecule has 0 atom stereocenters. The Morgan fingerprint density at radius 3 is 2.59 bits per heavy atom. The van der Waals surface area contributed by atoms with E-state index in [1.54, 1.807) is 6.08 Å². The first-order valence-corrected chi connectivity index (χ1v) is 7.50. The Hall–Kier alpha value is -2.30. The van der Waals surface area contributed by atoms with Gasteiger partial charge in [0.1, 0.15) is 6.61 Å². The van der Waals surface area contributed by atoms with Crippen LogP contribution >= 0.6 is 0 Å². The molecule has 0 unspecified atom stereocenters. The maximum atomic E-state index is 11.5. The molecule has 0 aromatic heterocycles. The molecule has 0 aliphatic carbocycles. The monoisotopic (exact) mass is 305 g/mol. The van der Waals surface area contributed by atoms with E-state index in [2.05, 4.69) is 5.32 Å². The summed E-state index contributed by atoms with van der Waals surface area (Å²) in [5.74, 6) is -0.811. The number of carbonyl (C=O) groups is 2. The third-order valence-corrected chi connectivity index (χ3v) is 2.99. The molecule has 5 nitrogen and oxygen atoms in total. The van der Waals surface area contributed by atoms with Gasteiger partial charge in [0.05, 0.1) is 6.42 Å². The lowest BCUT2D eigenvalue weighted by atomic mass is 10.2. The second-order valence-corrected chi connectivity index (χ2v) is 4.91. The molecular weight excluding hydrogens is 282 g/mol. The van der Waals surface area contributed by atoms with Gasteiger partial charge in [-0.25, -0.2) is 4.79 Å². The zero-order valence-corrected chi connectivity index (χ0v) is 12.7. The number of nitrogens with one attached hydrogen (secondary N) is 1. The third-order valence-electron chi connectivity index (χ3n) is 2.99. The van der Waals surface area contributed by atoms with E-state index in [1.807, 2.05) is 36.4 Å². The van der Waals surface area contributed by atoms with Crippen LogP contribution in [0.1, 0.15) is 37.7 Å². The number of rotatable bonds is 10. The highest BCUT2D eigenvalue weighted by Gasteiger charge is 2.01. The summed E-state index contributed by atoms with van der Waals surface area (Å²) >= 11 is 0. The SMILES string of the molecule is O=C(O)C/C=C\CCCCCNC(=O)OCc1ccccc1. The summed E-state index contributed by atoms with van der Waals surface area (Å²) in [7, 11) is 0. The number of amides is 1. The Morgan fingerprint density at radius 2 is 1.86 bits per heavy atom. The number of hydrogen-bond donors (Lipinski definition) is 2. The number of ether oxygens (including phenoxy) is 1. The van der Waals surface area contributed by atoms with E-state index in [0.29, 0.717) is 6.54 Å². The number of carbonyl (C=O) groups excluding carboxylic acids is 1. The van der Waals surface area contributed by atoms with Crippen molar-refractivity contribution in [3.8, 4) is 0 Å². The number of allylic oxidation sites excluding steroid dienone is 1. The lowest BCUT2D eigenvalue weighted by Crippen LogP contribution is -2.25. The summed E-state index contributed by atoms with van der Waals surface area (Å²) in [5.41, 5.74) is 0.964. The van der Waals surface area contributed by atoms with Gasteiger partial charge in [0.2, 0.25) is 0 Å². The molecule has 0 saturated heterocycles. The molecule has 0 saturated carbocycles. The van der Waals surface area contributed by atoms with E-state index >= 15 is 0 Å². The fraction of sp³-hybridized carbons (Fsp3) is 0.412. The van der Waals surface area contributed by atoms with Crippen LogP contribution in [-0.4, -0.2) is 23.7 Å². The molecule has 1 aromatic carbocycles. The molecule has 0 aliphatic rings. The van der Waals surface area contributed by atoms with Crippen LogP contribution in [0, 0.1) is 0 Å². The standard InChI is InChI=1S/C17H23NO4/c19-16(20)12-8-3-1-2-4-9-13-18-17(21)22-14-15-10-6-5-7-11-15/h3,5-8,10-11H,1-2,4,9,12-14H2,(H,18,21)(H,19,20)/b8-3-. The Balaban J connectivity index is 1.95. The number of hydrogen-bond acceptors (Lipinski definition) is 3. The number of alkyl carbamates (subject to hydrolysis) is 1. The molecule has 1 aromatic rings. The van der Waals surface area contributed by atoms with Gasteiger partial charge in [-0.05, 0) is 24.8 Å². The largest absolute Gasteiger partial charge is 0.481 e. The lowest BCUT2D eigenvalue weighted by Gasteiger charge is -2.06. The summed E-state index contributed by atoms with van der Waals surface area (Å²) in [6, 6.07) is 9.54. The molecule has 0 heterocycles. The van der Waals surface area contributed by atoms with Gasteiger partial charge in [-0.15, -0.1) is 0 Å². The molecule has 1 rings (SSSR count). The van der Waals surface area contributed by atoms with Crippen LogP contribution in [0.3, 0.4) is 0 Å². The first kappa shape index (κ1) is 17.8. The van der Waals surface area contributed by atoms with Crippen LogP contribution < -0.4 is 5.32 Å². The minimum Gasteiger partial charge on any atom is -0.481 e. The Morgan fingerprint density at radius 1 is 1.09 bits per heavy atom. The van der Waals surface area contributed by atoms with E-state index in [4.69, 9.17) is 9.84 Å². The van der Waals surface area contributed by atoms with Crippen molar-refractivity contribution in [1.29, 1.82) is 0 Å². The molecule has 0 radical (unpaired) electrons. The van der Waals surface area contributed by atoms with Gasteiger partial charge in [0, 0.05) is 6.54 Å². The van der Waals surface area contributed by atoms with Crippen molar-refractivity contribution < 1.29 is 19.4 Å². The average molecular weight is 305 g/mol. The van der Waals surface area contributed by atoms with Crippen molar-refractivity contribution in [2.45, 2.75) is 38.7 Å². The molecule has 22 heavy (non-hydrogen) atoms. The second kappa shape index (κ2) is 11.4. The van der Waals surface area contributed by atoms with E-state index in [1.165, 1.54) is 0 Å². The topological polar surface area (TPSA) is 75.6 Å². The smallest absolute Gasteiger partial charge is 0.407 e. The van der Waals surface area contributed by atoms with Crippen molar-refractivity contribution in [1.82, 2.24) is 5.32 Å². The Bertz CT molecular complexity index is 471. The first-order valence-electron chi connectivity index (χ1n) is 7.50. The van der Waals surface area contributed by atoms with Crippen LogP contribution in [0.15, 0.2) is 42.5 Å². The first-order chi connectivity index (χ1) is 10.7.